The molecule has 1 unspecified atom stereocenters. The Morgan fingerprint density at radius 1 is 1.62 bits per heavy atom. The predicted molar refractivity (Wildman–Crippen MR) is 65.2 cm³/mol. The fraction of sp³-hybridized carbons (Fsp3) is 0.455. The monoisotopic (exact) mass is 238 g/mol. The van der Waals surface area contributed by atoms with Crippen molar-refractivity contribution in [1.29, 1.82) is 0 Å². The molecule has 1 aliphatic heterocycles. The number of carboxylic acid groups (broad SMARTS) is 1. The molecule has 0 amide bonds. The summed E-state index contributed by atoms with van der Waals surface area (Å²) in [7, 11) is 0. The third-order valence-electron chi connectivity index (χ3n) is 2.54. The standard InChI is InChI=1S/C11H14N2O2S/c14-11(15)10-4-3-8(6-13-10)12-7-9-2-1-5-16-9/h3-4,6,9,12H,1-2,5,7H2,(H,14,15). The molecule has 2 heterocycles. The van der Waals surface area contributed by atoms with Gasteiger partial charge in [0.2, 0.25) is 0 Å². The van der Waals surface area contributed by atoms with Gasteiger partial charge in [-0.2, -0.15) is 11.8 Å². The number of nitrogens with zero attached hydrogens (tertiary/aromatic N) is 1. The average Bonchev–Trinajstić information content (AvgIpc) is 2.80. The van der Waals surface area contributed by atoms with E-state index < -0.39 is 5.97 Å². The maximum atomic E-state index is 10.6. The number of thioether (sulfide) groups is 1. The Balaban J connectivity index is 1.87. The molecular weight excluding hydrogens is 224 g/mol. The molecule has 0 saturated carbocycles. The summed E-state index contributed by atoms with van der Waals surface area (Å²) in [5.41, 5.74) is 0.971. The lowest BCUT2D eigenvalue weighted by atomic mass is 10.2. The summed E-state index contributed by atoms with van der Waals surface area (Å²) < 4.78 is 0. The summed E-state index contributed by atoms with van der Waals surface area (Å²) in [6, 6.07) is 3.28. The molecule has 4 nitrogen and oxygen atoms in total. The molecule has 1 saturated heterocycles. The lowest BCUT2D eigenvalue weighted by molar-refractivity contribution is 0.0690. The van der Waals surface area contributed by atoms with Crippen LogP contribution in [0.4, 0.5) is 5.69 Å². The van der Waals surface area contributed by atoms with Gasteiger partial charge >= 0.3 is 5.97 Å². The zero-order valence-corrected chi connectivity index (χ0v) is 9.67. The molecule has 86 valence electrons. The van der Waals surface area contributed by atoms with Gasteiger partial charge in [0.05, 0.1) is 11.9 Å². The van der Waals surface area contributed by atoms with Crippen LogP contribution in [0, 0.1) is 0 Å². The van der Waals surface area contributed by atoms with Crippen molar-refractivity contribution in [3.63, 3.8) is 0 Å². The quantitative estimate of drug-likeness (QED) is 0.841. The van der Waals surface area contributed by atoms with Crippen LogP contribution in [0.15, 0.2) is 18.3 Å². The number of hydrogen-bond donors (Lipinski definition) is 2. The number of nitrogens with one attached hydrogen (secondary N) is 1. The van der Waals surface area contributed by atoms with Crippen LogP contribution in [0.2, 0.25) is 0 Å². The summed E-state index contributed by atoms with van der Waals surface area (Å²) in [5.74, 6) is 0.264. The molecule has 1 aromatic rings. The molecule has 0 aliphatic carbocycles. The molecule has 1 aromatic heterocycles. The highest BCUT2D eigenvalue weighted by atomic mass is 32.2. The highest BCUT2D eigenvalue weighted by Crippen LogP contribution is 2.26. The topological polar surface area (TPSA) is 62.2 Å². The van der Waals surface area contributed by atoms with Gasteiger partial charge in [0, 0.05) is 11.8 Å². The number of aromatic carboxylic acids is 1. The maximum absolute atomic E-state index is 10.6. The molecule has 2 N–H and O–H groups in total. The van der Waals surface area contributed by atoms with E-state index in [1.54, 1.807) is 12.3 Å². The third-order valence-corrected chi connectivity index (χ3v) is 3.94. The zero-order valence-electron chi connectivity index (χ0n) is 8.85. The molecule has 0 bridgehead atoms. The number of aromatic nitrogens is 1. The van der Waals surface area contributed by atoms with Crippen LogP contribution in [-0.2, 0) is 0 Å². The predicted octanol–water partition coefficient (Wildman–Crippen LogP) is 2.09. The van der Waals surface area contributed by atoms with Gasteiger partial charge in [0.1, 0.15) is 5.69 Å². The molecule has 2 rings (SSSR count). The van der Waals surface area contributed by atoms with Crippen molar-refractivity contribution in [2.75, 3.05) is 17.6 Å². The number of carbonyl (C=O) groups is 1. The van der Waals surface area contributed by atoms with Gasteiger partial charge in [-0.3, -0.25) is 0 Å². The summed E-state index contributed by atoms with van der Waals surface area (Å²) >= 11 is 1.99. The van der Waals surface area contributed by atoms with Gasteiger partial charge in [-0.25, -0.2) is 9.78 Å². The van der Waals surface area contributed by atoms with Crippen LogP contribution in [0.5, 0.6) is 0 Å². The second-order valence-corrected chi connectivity index (χ2v) is 5.16. The van der Waals surface area contributed by atoms with Crippen molar-refractivity contribution >= 4 is 23.4 Å². The second-order valence-electron chi connectivity index (χ2n) is 3.75. The Kier molecular flexibility index (Phi) is 3.66. The molecule has 0 spiro atoms. The molecule has 1 atom stereocenters. The Labute approximate surface area is 98.5 Å². The molecule has 16 heavy (non-hydrogen) atoms. The first-order chi connectivity index (χ1) is 7.75. The van der Waals surface area contributed by atoms with Gasteiger partial charge in [0.15, 0.2) is 0 Å². The average molecular weight is 238 g/mol. The lowest BCUT2D eigenvalue weighted by Crippen LogP contribution is -2.13. The van der Waals surface area contributed by atoms with Crippen LogP contribution in [-0.4, -0.2) is 33.6 Å². The van der Waals surface area contributed by atoms with Gasteiger partial charge in [-0.1, -0.05) is 0 Å². The Morgan fingerprint density at radius 3 is 3.06 bits per heavy atom. The first kappa shape index (κ1) is 11.3. The Hall–Kier alpha value is -1.23. The summed E-state index contributed by atoms with van der Waals surface area (Å²) in [6.07, 6.45) is 4.13. The summed E-state index contributed by atoms with van der Waals surface area (Å²) in [4.78, 5) is 14.4. The Bertz CT molecular complexity index is 361. The van der Waals surface area contributed by atoms with Crippen LogP contribution in [0.1, 0.15) is 23.3 Å². The van der Waals surface area contributed by atoms with Crippen LogP contribution < -0.4 is 5.32 Å². The van der Waals surface area contributed by atoms with Gasteiger partial charge in [-0.05, 0) is 30.7 Å². The lowest BCUT2D eigenvalue weighted by Gasteiger charge is -2.10. The van der Waals surface area contributed by atoms with Gasteiger partial charge in [-0.15, -0.1) is 0 Å². The molecule has 1 aliphatic rings. The third kappa shape index (κ3) is 2.88. The molecule has 1 fully saturated rings. The summed E-state index contributed by atoms with van der Waals surface area (Å²) in [6.45, 7) is 0.929. The molecule has 0 aromatic carbocycles. The van der Waals surface area contributed by atoms with E-state index in [0.717, 1.165) is 12.2 Å². The van der Waals surface area contributed by atoms with E-state index >= 15 is 0 Å². The Morgan fingerprint density at radius 2 is 2.50 bits per heavy atom. The van der Waals surface area contributed by atoms with E-state index in [0.29, 0.717) is 5.25 Å². The van der Waals surface area contributed by atoms with E-state index in [-0.39, 0.29) is 5.69 Å². The fourth-order valence-corrected chi connectivity index (χ4v) is 2.86. The minimum absolute atomic E-state index is 0.0841. The van der Waals surface area contributed by atoms with Crippen LogP contribution in [0.3, 0.4) is 0 Å². The number of rotatable bonds is 4. The van der Waals surface area contributed by atoms with Crippen LogP contribution in [0.25, 0.3) is 0 Å². The van der Waals surface area contributed by atoms with Crippen LogP contribution >= 0.6 is 11.8 Å². The van der Waals surface area contributed by atoms with Crippen molar-refractivity contribution in [3.8, 4) is 0 Å². The smallest absolute Gasteiger partial charge is 0.354 e. The highest BCUT2D eigenvalue weighted by molar-refractivity contribution is 8.00. The van der Waals surface area contributed by atoms with Crippen molar-refractivity contribution in [2.45, 2.75) is 18.1 Å². The van der Waals surface area contributed by atoms with E-state index in [2.05, 4.69) is 10.3 Å². The molecule has 0 radical (unpaired) electrons. The number of pyridine rings is 1. The second kappa shape index (κ2) is 5.21. The van der Waals surface area contributed by atoms with E-state index in [4.69, 9.17) is 5.11 Å². The zero-order chi connectivity index (χ0) is 11.4. The van der Waals surface area contributed by atoms with Crippen molar-refractivity contribution in [1.82, 2.24) is 4.98 Å². The first-order valence-electron chi connectivity index (χ1n) is 5.30. The van der Waals surface area contributed by atoms with Gasteiger partial charge in [0.25, 0.3) is 0 Å². The first-order valence-corrected chi connectivity index (χ1v) is 6.35. The van der Waals surface area contributed by atoms with Gasteiger partial charge < -0.3 is 10.4 Å². The highest BCUT2D eigenvalue weighted by Gasteiger charge is 2.14. The number of carboxylic acids is 1. The van der Waals surface area contributed by atoms with E-state index in [9.17, 15) is 4.79 Å². The van der Waals surface area contributed by atoms with Crippen molar-refractivity contribution in [2.24, 2.45) is 0 Å². The molecular formula is C11H14N2O2S. The van der Waals surface area contributed by atoms with Crippen molar-refractivity contribution in [3.05, 3.63) is 24.0 Å². The largest absolute Gasteiger partial charge is 0.477 e. The van der Waals surface area contributed by atoms with E-state index in [1.807, 2.05) is 11.8 Å². The number of hydrogen-bond acceptors (Lipinski definition) is 4. The maximum Gasteiger partial charge on any atom is 0.354 e. The minimum Gasteiger partial charge on any atom is -0.477 e. The van der Waals surface area contributed by atoms with Crippen molar-refractivity contribution < 1.29 is 9.90 Å². The molecule has 5 heteroatoms. The SMILES string of the molecule is O=C(O)c1ccc(NCC2CCCS2)cn1. The van der Waals surface area contributed by atoms with E-state index in [1.165, 1.54) is 24.7 Å². The fourth-order valence-electron chi connectivity index (χ4n) is 1.66. The number of anilines is 1. The summed E-state index contributed by atoms with van der Waals surface area (Å²) in [5, 5.41) is 12.6. The minimum atomic E-state index is -0.988. The normalized spacial score (nSPS) is 19.6.